The van der Waals surface area contributed by atoms with Gasteiger partial charge in [-0.05, 0) is 17.7 Å². The molecule has 0 heterocycles. The Labute approximate surface area is 99.8 Å². The SMILES string of the molecule is N[C@H](c1ccc(Cl)cc1Cl)[C@@H](O)C(F)(F)F. The maximum atomic E-state index is 12.2. The standard InChI is InChI=1S/C9H8Cl2F3NO/c10-4-1-2-5(6(11)3-4)7(15)8(16)9(12,13)14/h1-3,7-8,16H,15H2/t7-,8-/m1/s1. The Morgan fingerprint density at radius 1 is 1.25 bits per heavy atom. The minimum atomic E-state index is -4.79. The van der Waals surface area contributed by atoms with Crippen molar-refractivity contribution in [1.29, 1.82) is 0 Å². The molecule has 3 N–H and O–H groups in total. The van der Waals surface area contributed by atoms with Crippen molar-refractivity contribution in [2.24, 2.45) is 5.73 Å². The molecule has 7 heteroatoms. The van der Waals surface area contributed by atoms with Crippen molar-refractivity contribution in [3.05, 3.63) is 33.8 Å². The molecule has 0 aliphatic rings. The molecule has 1 rings (SSSR count). The number of benzene rings is 1. The average molecular weight is 274 g/mol. The molecule has 0 spiro atoms. The van der Waals surface area contributed by atoms with E-state index in [9.17, 15) is 13.2 Å². The summed E-state index contributed by atoms with van der Waals surface area (Å²) >= 11 is 11.3. The number of halogens is 5. The summed E-state index contributed by atoms with van der Waals surface area (Å²) in [5.41, 5.74) is 5.27. The van der Waals surface area contributed by atoms with Crippen LogP contribution < -0.4 is 5.73 Å². The molecule has 0 aromatic heterocycles. The van der Waals surface area contributed by atoms with E-state index in [1.165, 1.54) is 18.2 Å². The third-order valence-corrected chi connectivity index (χ3v) is 2.56. The molecule has 16 heavy (non-hydrogen) atoms. The maximum Gasteiger partial charge on any atom is 0.416 e. The van der Waals surface area contributed by atoms with Crippen LogP contribution in [0.1, 0.15) is 11.6 Å². The number of aliphatic hydroxyl groups is 1. The summed E-state index contributed by atoms with van der Waals surface area (Å²) in [7, 11) is 0. The van der Waals surface area contributed by atoms with Crippen molar-refractivity contribution in [2.75, 3.05) is 0 Å². The van der Waals surface area contributed by atoms with Crippen LogP contribution in [-0.2, 0) is 0 Å². The lowest BCUT2D eigenvalue weighted by Crippen LogP contribution is -2.38. The van der Waals surface area contributed by atoms with Gasteiger partial charge in [-0.2, -0.15) is 13.2 Å². The minimum Gasteiger partial charge on any atom is -0.382 e. The Balaban J connectivity index is 3.01. The van der Waals surface area contributed by atoms with Crippen LogP contribution in [0.4, 0.5) is 13.2 Å². The lowest BCUT2D eigenvalue weighted by molar-refractivity contribution is -0.210. The molecule has 0 radical (unpaired) electrons. The van der Waals surface area contributed by atoms with E-state index in [1.54, 1.807) is 0 Å². The van der Waals surface area contributed by atoms with Crippen molar-refractivity contribution in [3.63, 3.8) is 0 Å². The van der Waals surface area contributed by atoms with E-state index in [0.717, 1.165) is 0 Å². The molecule has 2 atom stereocenters. The van der Waals surface area contributed by atoms with Crippen molar-refractivity contribution in [1.82, 2.24) is 0 Å². The first kappa shape index (κ1) is 13.6. The summed E-state index contributed by atoms with van der Waals surface area (Å²) in [5.74, 6) is 0. The summed E-state index contributed by atoms with van der Waals surface area (Å²) in [4.78, 5) is 0. The van der Waals surface area contributed by atoms with E-state index in [-0.39, 0.29) is 15.6 Å². The van der Waals surface area contributed by atoms with Crippen LogP contribution in [0.15, 0.2) is 18.2 Å². The Bertz CT molecular complexity index is 384. The fourth-order valence-electron chi connectivity index (χ4n) is 1.15. The summed E-state index contributed by atoms with van der Waals surface area (Å²) in [6, 6.07) is 2.24. The number of aliphatic hydroxyl groups excluding tert-OH is 1. The highest BCUT2D eigenvalue weighted by atomic mass is 35.5. The van der Waals surface area contributed by atoms with E-state index in [2.05, 4.69) is 0 Å². The molecule has 0 aliphatic carbocycles. The van der Waals surface area contributed by atoms with Crippen LogP contribution >= 0.6 is 23.2 Å². The average Bonchev–Trinajstić information content (AvgIpc) is 2.14. The summed E-state index contributed by atoms with van der Waals surface area (Å²) in [6.07, 6.45) is -7.45. The maximum absolute atomic E-state index is 12.2. The molecule has 0 bridgehead atoms. The van der Waals surface area contributed by atoms with E-state index in [4.69, 9.17) is 34.0 Å². The molecule has 1 aromatic rings. The second kappa shape index (κ2) is 4.79. The Kier molecular flexibility index (Phi) is 4.07. The van der Waals surface area contributed by atoms with E-state index in [0.29, 0.717) is 0 Å². The molecule has 0 saturated heterocycles. The molecule has 0 aliphatic heterocycles. The first-order valence-corrected chi connectivity index (χ1v) is 4.94. The first-order chi connectivity index (χ1) is 7.23. The van der Waals surface area contributed by atoms with Gasteiger partial charge in [0.25, 0.3) is 0 Å². The summed E-state index contributed by atoms with van der Waals surface area (Å²) < 4.78 is 36.6. The van der Waals surface area contributed by atoms with Crippen LogP contribution in [0.5, 0.6) is 0 Å². The number of nitrogens with two attached hydrogens (primary N) is 1. The van der Waals surface area contributed by atoms with Gasteiger partial charge in [0, 0.05) is 10.0 Å². The van der Waals surface area contributed by atoms with Crippen molar-refractivity contribution >= 4 is 23.2 Å². The van der Waals surface area contributed by atoms with Gasteiger partial charge in [0.2, 0.25) is 0 Å². The van der Waals surface area contributed by atoms with E-state index < -0.39 is 18.3 Å². The van der Waals surface area contributed by atoms with Gasteiger partial charge in [-0.15, -0.1) is 0 Å². The van der Waals surface area contributed by atoms with Crippen molar-refractivity contribution < 1.29 is 18.3 Å². The predicted octanol–water partition coefficient (Wildman–Crippen LogP) is 2.92. The number of hydrogen-bond acceptors (Lipinski definition) is 2. The van der Waals surface area contributed by atoms with Gasteiger partial charge in [-0.1, -0.05) is 29.3 Å². The second-order valence-electron chi connectivity index (χ2n) is 3.18. The zero-order valence-corrected chi connectivity index (χ0v) is 9.31. The molecule has 0 amide bonds. The highest BCUT2D eigenvalue weighted by molar-refractivity contribution is 6.35. The molecule has 1 aromatic carbocycles. The largest absolute Gasteiger partial charge is 0.416 e. The normalized spacial score (nSPS) is 15.9. The number of rotatable bonds is 2. The van der Waals surface area contributed by atoms with E-state index in [1.807, 2.05) is 0 Å². The number of hydrogen-bond donors (Lipinski definition) is 2. The van der Waals surface area contributed by atoms with Crippen LogP contribution in [0.25, 0.3) is 0 Å². The van der Waals surface area contributed by atoms with Gasteiger partial charge in [0.1, 0.15) is 0 Å². The van der Waals surface area contributed by atoms with Gasteiger partial charge in [0.05, 0.1) is 6.04 Å². The van der Waals surface area contributed by atoms with E-state index >= 15 is 0 Å². The number of alkyl halides is 3. The molecular weight excluding hydrogens is 266 g/mol. The highest BCUT2D eigenvalue weighted by Gasteiger charge is 2.43. The summed E-state index contributed by atoms with van der Waals surface area (Å²) in [6.45, 7) is 0. The first-order valence-electron chi connectivity index (χ1n) is 4.19. The van der Waals surface area contributed by atoms with Crippen LogP contribution in [-0.4, -0.2) is 17.4 Å². The summed E-state index contributed by atoms with van der Waals surface area (Å²) in [5, 5.41) is 9.23. The molecule has 0 saturated carbocycles. The van der Waals surface area contributed by atoms with Gasteiger partial charge < -0.3 is 10.8 Å². The van der Waals surface area contributed by atoms with Crippen molar-refractivity contribution in [3.8, 4) is 0 Å². The third-order valence-electron chi connectivity index (χ3n) is 2.00. The lowest BCUT2D eigenvalue weighted by atomic mass is 10.0. The monoisotopic (exact) mass is 273 g/mol. The lowest BCUT2D eigenvalue weighted by Gasteiger charge is -2.22. The molecular formula is C9H8Cl2F3NO. The van der Waals surface area contributed by atoms with Crippen molar-refractivity contribution in [2.45, 2.75) is 18.3 Å². The fourth-order valence-corrected chi connectivity index (χ4v) is 1.68. The fraction of sp³-hybridized carbons (Fsp3) is 0.333. The highest BCUT2D eigenvalue weighted by Crippen LogP contribution is 2.32. The zero-order valence-electron chi connectivity index (χ0n) is 7.80. The van der Waals surface area contributed by atoms with Gasteiger partial charge in [0.15, 0.2) is 6.10 Å². The van der Waals surface area contributed by atoms with Crippen LogP contribution in [0.2, 0.25) is 10.0 Å². The third kappa shape index (κ3) is 3.01. The predicted molar refractivity (Wildman–Crippen MR) is 55.5 cm³/mol. The topological polar surface area (TPSA) is 46.2 Å². The zero-order chi connectivity index (χ0) is 12.5. The van der Waals surface area contributed by atoms with Gasteiger partial charge >= 0.3 is 6.18 Å². The van der Waals surface area contributed by atoms with Crippen LogP contribution in [0.3, 0.4) is 0 Å². The molecule has 2 nitrogen and oxygen atoms in total. The van der Waals surface area contributed by atoms with Gasteiger partial charge in [-0.25, -0.2) is 0 Å². The Morgan fingerprint density at radius 3 is 2.25 bits per heavy atom. The minimum absolute atomic E-state index is 0.00380. The Morgan fingerprint density at radius 2 is 1.81 bits per heavy atom. The smallest absolute Gasteiger partial charge is 0.382 e. The second-order valence-corrected chi connectivity index (χ2v) is 4.02. The van der Waals surface area contributed by atoms with Gasteiger partial charge in [-0.3, -0.25) is 0 Å². The molecule has 90 valence electrons. The molecule has 0 fully saturated rings. The van der Waals surface area contributed by atoms with Crippen LogP contribution in [0, 0.1) is 0 Å². The quantitative estimate of drug-likeness (QED) is 0.871. The molecule has 0 unspecified atom stereocenters. The Hall–Kier alpha value is -0.490.